The van der Waals surface area contributed by atoms with E-state index in [0.29, 0.717) is 12.3 Å². The van der Waals surface area contributed by atoms with Gasteiger partial charge < -0.3 is 5.11 Å². The Morgan fingerprint density at radius 1 is 1.53 bits per heavy atom. The van der Waals surface area contributed by atoms with Crippen molar-refractivity contribution in [1.82, 2.24) is 0 Å². The highest BCUT2D eigenvalue weighted by Crippen LogP contribution is 2.10. The van der Waals surface area contributed by atoms with Crippen LogP contribution in [0.25, 0.3) is 0 Å². The van der Waals surface area contributed by atoms with Crippen molar-refractivity contribution in [2.75, 3.05) is 5.88 Å². The highest BCUT2D eigenvalue weighted by atomic mass is 35.5. The molecule has 0 amide bonds. The average molecular weight is 227 g/mol. The van der Waals surface area contributed by atoms with Crippen LogP contribution in [0.1, 0.15) is 22.3 Å². The van der Waals surface area contributed by atoms with Crippen LogP contribution in [-0.2, 0) is 0 Å². The molecule has 78 valence electrons. The third kappa shape index (κ3) is 3.26. The number of alkyl halides is 1. The van der Waals surface area contributed by atoms with Crippen molar-refractivity contribution in [3.8, 4) is 11.8 Å². The lowest BCUT2D eigenvalue weighted by Gasteiger charge is -1.98. The second kappa shape index (κ2) is 5.38. The molecule has 0 aliphatic carbocycles. The van der Waals surface area contributed by atoms with E-state index in [1.54, 1.807) is 0 Å². The quantitative estimate of drug-likeness (QED) is 0.622. The van der Waals surface area contributed by atoms with Crippen LogP contribution in [0.4, 0.5) is 4.39 Å². The van der Waals surface area contributed by atoms with E-state index in [-0.39, 0.29) is 11.1 Å². The predicted octanol–water partition coefficient (Wildman–Crippen LogP) is 2.50. The Morgan fingerprint density at radius 2 is 2.27 bits per heavy atom. The molecule has 0 radical (unpaired) electrons. The zero-order chi connectivity index (χ0) is 11.3. The molecule has 4 heteroatoms. The van der Waals surface area contributed by atoms with E-state index in [2.05, 4.69) is 11.8 Å². The van der Waals surface area contributed by atoms with Crippen LogP contribution in [-0.4, -0.2) is 17.0 Å². The Labute approximate surface area is 91.7 Å². The molecule has 0 saturated carbocycles. The molecule has 2 nitrogen and oxygen atoms in total. The maximum absolute atomic E-state index is 12.8. The van der Waals surface area contributed by atoms with Crippen molar-refractivity contribution in [3.63, 3.8) is 0 Å². The lowest BCUT2D eigenvalue weighted by molar-refractivity contribution is 0.0696. The fourth-order valence-electron chi connectivity index (χ4n) is 1.01. The van der Waals surface area contributed by atoms with Gasteiger partial charge in [-0.15, -0.1) is 11.6 Å². The molecule has 0 bridgehead atoms. The van der Waals surface area contributed by atoms with Crippen LogP contribution in [0.15, 0.2) is 18.2 Å². The summed E-state index contributed by atoms with van der Waals surface area (Å²) in [6.07, 6.45) is 0.442. The number of carboxylic acids is 1. The van der Waals surface area contributed by atoms with Crippen LogP contribution >= 0.6 is 11.6 Å². The molecule has 0 unspecified atom stereocenters. The Bertz CT molecular complexity index is 432. The van der Waals surface area contributed by atoms with Gasteiger partial charge in [0.25, 0.3) is 0 Å². The van der Waals surface area contributed by atoms with Gasteiger partial charge in [0, 0.05) is 17.9 Å². The Morgan fingerprint density at radius 3 is 2.87 bits per heavy atom. The second-order valence-electron chi connectivity index (χ2n) is 2.74. The molecule has 0 fully saturated rings. The van der Waals surface area contributed by atoms with Crippen LogP contribution in [0.2, 0.25) is 0 Å². The molecule has 0 aromatic heterocycles. The van der Waals surface area contributed by atoms with E-state index in [1.165, 1.54) is 6.07 Å². The summed E-state index contributed by atoms with van der Waals surface area (Å²) in [5, 5.41) is 8.80. The van der Waals surface area contributed by atoms with Crippen molar-refractivity contribution < 1.29 is 14.3 Å². The van der Waals surface area contributed by atoms with Crippen LogP contribution in [0, 0.1) is 17.7 Å². The van der Waals surface area contributed by atoms with Crippen molar-refractivity contribution >= 4 is 17.6 Å². The number of rotatable bonds is 2. The minimum Gasteiger partial charge on any atom is -0.478 e. The highest BCUT2D eigenvalue weighted by Gasteiger charge is 2.08. The summed E-state index contributed by atoms with van der Waals surface area (Å²) in [4.78, 5) is 10.7. The monoisotopic (exact) mass is 226 g/mol. The van der Waals surface area contributed by atoms with Crippen LogP contribution < -0.4 is 0 Å². The van der Waals surface area contributed by atoms with E-state index in [4.69, 9.17) is 16.7 Å². The number of carbonyl (C=O) groups is 1. The second-order valence-corrected chi connectivity index (χ2v) is 3.11. The first kappa shape index (κ1) is 11.5. The van der Waals surface area contributed by atoms with Gasteiger partial charge in [-0.05, 0) is 18.2 Å². The average Bonchev–Trinajstić information content (AvgIpc) is 2.18. The van der Waals surface area contributed by atoms with Gasteiger partial charge in [0.05, 0.1) is 5.56 Å². The number of hydrogen-bond donors (Lipinski definition) is 1. The van der Waals surface area contributed by atoms with Gasteiger partial charge in [0.1, 0.15) is 5.82 Å². The van der Waals surface area contributed by atoms with Gasteiger partial charge in [0.2, 0.25) is 0 Å². The molecule has 0 saturated heterocycles. The zero-order valence-corrected chi connectivity index (χ0v) is 8.51. The Balaban J connectivity index is 3.09. The fourth-order valence-corrected chi connectivity index (χ4v) is 1.11. The maximum Gasteiger partial charge on any atom is 0.336 e. The van der Waals surface area contributed by atoms with Gasteiger partial charge in [-0.25, -0.2) is 9.18 Å². The first-order valence-electron chi connectivity index (χ1n) is 4.23. The smallest absolute Gasteiger partial charge is 0.336 e. The third-order valence-corrected chi connectivity index (χ3v) is 1.84. The van der Waals surface area contributed by atoms with Gasteiger partial charge in [0.15, 0.2) is 0 Å². The van der Waals surface area contributed by atoms with Gasteiger partial charge in [-0.2, -0.15) is 0 Å². The number of aromatic carboxylic acids is 1. The largest absolute Gasteiger partial charge is 0.478 e. The first-order chi connectivity index (χ1) is 7.15. The van der Waals surface area contributed by atoms with Crippen LogP contribution in [0.3, 0.4) is 0 Å². The molecular weight excluding hydrogens is 219 g/mol. The normalized spacial score (nSPS) is 9.20. The van der Waals surface area contributed by atoms with Crippen molar-refractivity contribution in [1.29, 1.82) is 0 Å². The van der Waals surface area contributed by atoms with Gasteiger partial charge in [-0.3, -0.25) is 0 Å². The van der Waals surface area contributed by atoms with E-state index >= 15 is 0 Å². The molecule has 0 aliphatic rings. The van der Waals surface area contributed by atoms with E-state index in [0.717, 1.165) is 12.1 Å². The van der Waals surface area contributed by atoms with Gasteiger partial charge >= 0.3 is 5.97 Å². The fraction of sp³-hybridized carbons (Fsp3) is 0.182. The topological polar surface area (TPSA) is 37.3 Å². The number of hydrogen-bond acceptors (Lipinski definition) is 1. The van der Waals surface area contributed by atoms with E-state index in [9.17, 15) is 9.18 Å². The molecule has 0 spiro atoms. The summed E-state index contributed by atoms with van der Waals surface area (Å²) in [7, 11) is 0. The summed E-state index contributed by atoms with van der Waals surface area (Å²) >= 11 is 5.41. The number of halogens is 2. The lowest BCUT2D eigenvalue weighted by atomic mass is 10.1. The molecular formula is C11H8ClFO2. The summed E-state index contributed by atoms with van der Waals surface area (Å²) in [6, 6.07) is 3.39. The summed E-state index contributed by atoms with van der Waals surface area (Å²) in [5.41, 5.74) is 0.172. The van der Waals surface area contributed by atoms with Crippen molar-refractivity contribution in [2.45, 2.75) is 6.42 Å². The minimum atomic E-state index is -1.12. The Kier molecular flexibility index (Phi) is 4.14. The summed E-state index contributed by atoms with van der Waals surface area (Å²) < 4.78 is 12.8. The van der Waals surface area contributed by atoms with E-state index in [1.807, 2.05) is 0 Å². The number of carboxylic acid groups (broad SMARTS) is 1. The predicted molar refractivity (Wildman–Crippen MR) is 55.6 cm³/mol. The molecule has 1 aromatic carbocycles. The molecule has 1 N–H and O–H groups in total. The number of benzene rings is 1. The molecule has 1 rings (SSSR count). The van der Waals surface area contributed by atoms with Gasteiger partial charge in [-0.1, -0.05) is 11.8 Å². The molecule has 0 heterocycles. The summed E-state index contributed by atoms with van der Waals surface area (Å²) in [5.74, 6) is 3.98. The van der Waals surface area contributed by atoms with Crippen molar-refractivity contribution in [2.24, 2.45) is 0 Å². The van der Waals surface area contributed by atoms with Crippen molar-refractivity contribution in [3.05, 3.63) is 35.1 Å². The van der Waals surface area contributed by atoms with Crippen LogP contribution in [0.5, 0.6) is 0 Å². The van der Waals surface area contributed by atoms with E-state index < -0.39 is 11.8 Å². The minimum absolute atomic E-state index is 0.00141. The summed E-state index contributed by atoms with van der Waals surface area (Å²) in [6.45, 7) is 0. The standard InChI is InChI=1S/C11H8ClFO2/c12-6-2-1-3-8-7-9(13)4-5-10(8)11(14)15/h4-5,7H,2,6H2,(H,14,15). The molecule has 15 heavy (non-hydrogen) atoms. The zero-order valence-electron chi connectivity index (χ0n) is 7.76. The lowest BCUT2D eigenvalue weighted by Crippen LogP contribution is -2.00. The SMILES string of the molecule is O=C(O)c1ccc(F)cc1C#CCCCl. The third-order valence-electron chi connectivity index (χ3n) is 1.65. The highest BCUT2D eigenvalue weighted by molar-refractivity contribution is 6.18. The molecule has 0 atom stereocenters. The Hall–Kier alpha value is -1.53. The molecule has 1 aromatic rings. The first-order valence-corrected chi connectivity index (χ1v) is 4.76. The maximum atomic E-state index is 12.8. The molecule has 0 aliphatic heterocycles.